The zero-order valence-corrected chi connectivity index (χ0v) is 18.3. The Morgan fingerprint density at radius 3 is 2.58 bits per heavy atom. The molecule has 0 bridgehead atoms. The number of rotatable bonds is 7. The van der Waals surface area contributed by atoms with Gasteiger partial charge in [0.1, 0.15) is 12.2 Å². The Balaban J connectivity index is 1.51. The number of carbonyl (C=O) groups is 1. The first kappa shape index (κ1) is 21.5. The molecule has 4 rings (SSSR count). The minimum atomic E-state index is -0.542. The molecule has 0 aliphatic carbocycles. The summed E-state index contributed by atoms with van der Waals surface area (Å²) in [7, 11) is 1.45. The van der Waals surface area contributed by atoms with Crippen LogP contribution in [0.4, 0.5) is 5.69 Å². The van der Waals surface area contributed by atoms with Gasteiger partial charge in [0.15, 0.2) is 11.5 Å². The Labute approximate surface area is 184 Å². The molecule has 0 atom stereocenters. The van der Waals surface area contributed by atoms with Gasteiger partial charge in [-0.05, 0) is 38.8 Å². The summed E-state index contributed by atoms with van der Waals surface area (Å²) < 4.78 is 11.1. The lowest BCUT2D eigenvalue weighted by atomic mass is 10.0. The van der Waals surface area contributed by atoms with Crippen molar-refractivity contribution < 1.29 is 19.2 Å². The molecule has 0 saturated carbocycles. The van der Waals surface area contributed by atoms with Gasteiger partial charge in [0.05, 0.1) is 29.3 Å². The molecule has 1 aromatic carbocycles. The molecule has 0 unspecified atom stereocenters. The number of nitro groups is 1. The summed E-state index contributed by atoms with van der Waals surface area (Å²) in [6, 6.07) is 3.19. The van der Waals surface area contributed by atoms with Crippen molar-refractivity contribution in [2.75, 3.05) is 33.3 Å². The fourth-order valence-electron chi connectivity index (χ4n) is 4.32. The van der Waals surface area contributed by atoms with E-state index in [1.54, 1.807) is 10.4 Å². The zero-order chi connectivity index (χ0) is 21.8. The largest absolute Gasteiger partial charge is 0.493 e. The van der Waals surface area contributed by atoms with Crippen LogP contribution in [0.15, 0.2) is 23.0 Å². The Morgan fingerprint density at radius 2 is 1.97 bits per heavy atom. The van der Waals surface area contributed by atoms with Crippen LogP contribution in [0, 0.1) is 10.1 Å². The Kier molecular flexibility index (Phi) is 6.67. The van der Waals surface area contributed by atoms with Crippen molar-refractivity contribution in [1.82, 2.24) is 14.8 Å². The number of thiazole rings is 1. The second-order valence-corrected chi connectivity index (χ2v) is 8.53. The van der Waals surface area contributed by atoms with Crippen molar-refractivity contribution in [3.63, 3.8) is 0 Å². The lowest BCUT2D eigenvalue weighted by Gasteiger charge is -2.36. The highest BCUT2D eigenvalue weighted by Gasteiger charge is 2.32. The fraction of sp³-hybridized carbons (Fsp3) is 0.524. The summed E-state index contributed by atoms with van der Waals surface area (Å²) in [5.41, 5.74) is 2.16. The van der Waals surface area contributed by atoms with Crippen LogP contribution in [0.25, 0.3) is 0 Å². The molecule has 2 fully saturated rings. The van der Waals surface area contributed by atoms with Gasteiger partial charge < -0.3 is 19.3 Å². The molecule has 31 heavy (non-hydrogen) atoms. The molecular formula is C21H26N4O5S. The van der Waals surface area contributed by atoms with Crippen molar-refractivity contribution in [2.24, 2.45) is 0 Å². The van der Waals surface area contributed by atoms with Crippen LogP contribution in [0.3, 0.4) is 0 Å². The van der Waals surface area contributed by atoms with E-state index in [1.165, 1.54) is 43.4 Å². The number of ether oxygens (including phenoxy) is 2. The van der Waals surface area contributed by atoms with Crippen LogP contribution in [0.1, 0.15) is 41.7 Å². The first-order valence-corrected chi connectivity index (χ1v) is 11.4. The number of carbonyl (C=O) groups excluding carboxylic acids is 1. The standard InChI is InChI=1S/C21H26N4O5S/c1-29-19-10-17(18(25(27)28)11-20(19)30-12-15-13-31-14-22-15)21(26)24-8-4-16(5-9-24)23-6-2-3-7-23/h10-11,13-14,16H,2-9,12H2,1H3. The second-order valence-electron chi connectivity index (χ2n) is 7.81. The topological polar surface area (TPSA) is 98.0 Å². The van der Waals surface area contributed by atoms with Crippen LogP contribution in [0.5, 0.6) is 11.5 Å². The molecule has 0 N–H and O–H groups in total. The van der Waals surface area contributed by atoms with Crippen LogP contribution in [-0.2, 0) is 6.61 Å². The van der Waals surface area contributed by atoms with Crippen molar-refractivity contribution in [3.05, 3.63) is 44.4 Å². The van der Waals surface area contributed by atoms with Gasteiger partial charge in [0.2, 0.25) is 0 Å². The van der Waals surface area contributed by atoms with Crippen molar-refractivity contribution in [2.45, 2.75) is 38.3 Å². The number of benzene rings is 1. The molecular weight excluding hydrogens is 420 g/mol. The van der Waals surface area contributed by atoms with E-state index < -0.39 is 4.92 Å². The maximum atomic E-state index is 13.2. The van der Waals surface area contributed by atoms with Gasteiger partial charge in [0, 0.05) is 30.6 Å². The number of aromatic nitrogens is 1. The summed E-state index contributed by atoms with van der Waals surface area (Å²) >= 11 is 1.44. The molecule has 2 aliphatic rings. The summed E-state index contributed by atoms with van der Waals surface area (Å²) in [4.78, 5) is 32.7. The number of hydrogen-bond acceptors (Lipinski definition) is 8. The minimum Gasteiger partial charge on any atom is -0.493 e. The first-order valence-electron chi connectivity index (χ1n) is 10.5. The van der Waals surface area contributed by atoms with E-state index in [4.69, 9.17) is 9.47 Å². The predicted molar refractivity (Wildman–Crippen MR) is 116 cm³/mol. The van der Waals surface area contributed by atoms with Gasteiger partial charge in [-0.3, -0.25) is 14.9 Å². The maximum Gasteiger partial charge on any atom is 0.286 e. The average Bonchev–Trinajstić information content (AvgIpc) is 3.51. The number of likely N-dealkylation sites (tertiary alicyclic amines) is 2. The molecule has 166 valence electrons. The predicted octanol–water partition coefficient (Wildman–Crippen LogP) is 3.34. The van der Waals surface area contributed by atoms with Crippen LogP contribution in [0.2, 0.25) is 0 Å². The van der Waals surface area contributed by atoms with E-state index in [1.807, 2.05) is 5.38 Å². The molecule has 1 aromatic heterocycles. The minimum absolute atomic E-state index is 0.0301. The third-order valence-corrected chi connectivity index (χ3v) is 6.61. The van der Waals surface area contributed by atoms with Crippen LogP contribution in [-0.4, -0.2) is 64.9 Å². The highest BCUT2D eigenvalue weighted by atomic mass is 32.1. The quantitative estimate of drug-likeness (QED) is 0.475. The summed E-state index contributed by atoms with van der Waals surface area (Å²) in [6.45, 7) is 3.62. The van der Waals surface area contributed by atoms with Crippen LogP contribution >= 0.6 is 11.3 Å². The summed E-state index contributed by atoms with van der Waals surface area (Å²) in [5.74, 6) is 0.165. The van der Waals surface area contributed by atoms with E-state index in [2.05, 4.69) is 9.88 Å². The lowest BCUT2D eigenvalue weighted by molar-refractivity contribution is -0.385. The van der Waals surface area contributed by atoms with E-state index in [0.717, 1.165) is 31.6 Å². The number of methoxy groups -OCH3 is 1. The lowest BCUT2D eigenvalue weighted by Crippen LogP contribution is -2.46. The third-order valence-electron chi connectivity index (χ3n) is 5.98. The van der Waals surface area contributed by atoms with E-state index >= 15 is 0 Å². The molecule has 0 spiro atoms. The Bertz CT molecular complexity index is 922. The van der Waals surface area contributed by atoms with E-state index in [9.17, 15) is 14.9 Å². The fourth-order valence-corrected chi connectivity index (χ4v) is 4.86. The van der Waals surface area contributed by atoms with Gasteiger partial charge in [0.25, 0.3) is 11.6 Å². The monoisotopic (exact) mass is 446 g/mol. The number of piperidine rings is 1. The molecule has 0 radical (unpaired) electrons. The second kappa shape index (κ2) is 9.61. The number of amides is 1. The number of nitrogens with zero attached hydrogens (tertiary/aromatic N) is 4. The van der Waals surface area contributed by atoms with Gasteiger partial charge >= 0.3 is 0 Å². The van der Waals surface area contributed by atoms with Gasteiger partial charge in [-0.15, -0.1) is 11.3 Å². The SMILES string of the molecule is COc1cc(C(=O)N2CCC(N3CCCC3)CC2)c([N+](=O)[O-])cc1OCc1cscn1. The molecule has 2 aliphatic heterocycles. The van der Waals surface area contributed by atoms with Gasteiger partial charge in [-0.1, -0.05) is 0 Å². The van der Waals surface area contributed by atoms with Crippen LogP contribution < -0.4 is 9.47 Å². The van der Waals surface area contributed by atoms with Crippen molar-refractivity contribution >= 4 is 22.9 Å². The zero-order valence-electron chi connectivity index (χ0n) is 17.5. The molecule has 2 saturated heterocycles. The smallest absolute Gasteiger partial charge is 0.286 e. The number of nitro benzene ring substituents is 1. The van der Waals surface area contributed by atoms with E-state index in [-0.39, 0.29) is 35.3 Å². The third kappa shape index (κ3) is 4.80. The molecule has 1 amide bonds. The maximum absolute atomic E-state index is 13.2. The number of hydrogen-bond donors (Lipinski definition) is 0. The first-order chi connectivity index (χ1) is 15.1. The average molecular weight is 447 g/mol. The summed E-state index contributed by atoms with van der Waals surface area (Å²) in [5, 5.41) is 13.6. The molecule has 3 heterocycles. The van der Waals surface area contributed by atoms with Gasteiger partial charge in [-0.25, -0.2) is 4.98 Å². The Hall–Kier alpha value is -2.72. The molecule has 2 aromatic rings. The summed E-state index contributed by atoms with van der Waals surface area (Å²) in [6.07, 6.45) is 4.26. The highest BCUT2D eigenvalue weighted by Crippen LogP contribution is 2.36. The molecule has 10 heteroatoms. The normalized spacial score (nSPS) is 17.6. The van der Waals surface area contributed by atoms with Gasteiger partial charge in [-0.2, -0.15) is 0 Å². The van der Waals surface area contributed by atoms with Crippen molar-refractivity contribution in [1.29, 1.82) is 0 Å². The highest BCUT2D eigenvalue weighted by molar-refractivity contribution is 7.07. The molecule has 9 nitrogen and oxygen atoms in total. The van der Waals surface area contributed by atoms with E-state index in [0.29, 0.717) is 19.1 Å². The Morgan fingerprint density at radius 1 is 1.23 bits per heavy atom. The van der Waals surface area contributed by atoms with Crippen molar-refractivity contribution in [3.8, 4) is 11.5 Å².